The van der Waals surface area contributed by atoms with Crippen LogP contribution in [0.4, 0.5) is 14.5 Å². The van der Waals surface area contributed by atoms with E-state index in [2.05, 4.69) is 15.5 Å². The highest BCUT2D eigenvalue weighted by Crippen LogP contribution is 2.19. The van der Waals surface area contributed by atoms with Crippen molar-refractivity contribution in [2.24, 2.45) is 0 Å². The van der Waals surface area contributed by atoms with Crippen molar-refractivity contribution in [1.82, 2.24) is 19.6 Å². The topological polar surface area (TPSA) is 74.0 Å². The molecule has 0 radical (unpaired) electrons. The molecule has 0 saturated heterocycles. The zero-order valence-electron chi connectivity index (χ0n) is 14.3. The summed E-state index contributed by atoms with van der Waals surface area (Å²) in [6.07, 6.45) is 0.369. The Labute approximate surface area is 158 Å². The lowest BCUT2D eigenvalue weighted by molar-refractivity contribution is -0.117. The van der Waals surface area contributed by atoms with E-state index in [1.165, 1.54) is 21.6 Å². The second-order valence-electron chi connectivity index (χ2n) is 5.72. The molecule has 0 aliphatic heterocycles. The smallest absolute Gasteiger partial charge is 0.282 e. The van der Waals surface area contributed by atoms with Gasteiger partial charge in [-0.1, -0.05) is 17.7 Å². The van der Waals surface area contributed by atoms with Gasteiger partial charge in [0, 0.05) is 10.7 Å². The highest BCUT2D eigenvalue weighted by atomic mass is 35.5. The minimum atomic E-state index is -2.68. The highest BCUT2D eigenvalue weighted by Gasteiger charge is 2.15. The maximum absolute atomic E-state index is 12.7. The van der Waals surface area contributed by atoms with Crippen LogP contribution in [0.25, 0.3) is 0 Å². The third-order valence-electron chi connectivity index (χ3n) is 3.59. The fourth-order valence-corrected chi connectivity index (χ4v) is 2.52. The molecule has 0 aliphatic rings. The number of nitrogens with one attached hydrogen (secondary N) is 1. The Morgan fingerprint density at radius 3 is 2.89 bits per heavy atom. The lowest BCUT2D eigenvalue weighted by Crippen LogP contribution is -2.20. The van der Waals surface area contributed by atoms with Crippen LogP contribution in [0.3, 0.4) is 0 Å². The minimum absolute atomic E-state index is 0.131. The summed E-state index contributed by atoms with van der Waals surface area (Å²) in [4.78, 5) is 12.1. The molecule has 10 heteroatoms. The Kier molecular flexibility index (Phi) is 5.70. The number of alkyl halides is 2. The van der Waals surface area contributed by atoms with Gasteiger partial charge in [0.1, 0.15) is 18.0 Å². The molecule has 0 aliphatic carbocycles. The number of halogens is 3. The number of ether oxygens (including phenoxy) is 1. The second-order valence-corrected chi connectivity index (χ2v) is 6.15. The number of carbonyl (C=O) groups excluding carboxylic acids is 1. The average Bonchev–Trinajstić information content (AvgIpc) is 3.20. The molecule has 1 aromatic carbocycles. The molecule has 1 N–H and O–H groups in total. The van der Waals surface area contributed by atoms with Gasteiger partial charge in [0.15, 0.2) is 6.73 Å². The third-order valence-corrected chi connectivity index (χ3v) is 3.83. The maximum Gasteiger partial charge on any atom is 0.282 e. The van der Waals surface area contributed by atoms with Crippen molar-refractivity contribution in [2.45, 2.75) is 26.6 Å². The van der Waals surface area contributed by atoms with Gasteiger partial charge >= 0.3 is 0 Å². The summed E-state index contributed by atoms with van der Waals surface area (Å²) in [5, 5.41) is 11.0. The molecule has 142 valence electrons. The van der Waals surface area contributed by atoms with Crippen LogP contribution in [0, 0.1) is 6.92 Å². The van der Waals surface area contributed by atoms with Crippen LogP contribution in [-0.4, -0.2) is 25.5 Å². The van der Waals surface area contributed by atoms with E-state index in [-0.39, 0.29) is 19.0 Å². The van der Waals surface area contributed by atoms with Crippen LogP contribution >= 0.6 is 11.6 Å². The van der Waals surface area contributed by atoms with Gasteiger partial charge in [-0.3, -0.25) is 9.48 Å². The largest absolute Gasteiger partial charge is 0.471 e. The third kappa shape index (κ3) is 5.04. The van der Waals surface area contributed by atoms with Crippen molar-refractivity contribution in [3.05, 3.63) is 59.1 Å². The lowest BCUT2D eigenvalue weighted by Gasteiger charge is -2.06. The summed E-state index contributed by atoms with van der Waals surface area (Å²) >= 11 is 5.89. The molecule has 7 nitrogen and oxygen atoms in total. The van der Waals surface area contributed by atoms with E-state index in [0.717, 1.165) is 0 Å². The van der Waals surface area contributed by atoms with Crippen molar-refractivity contribution < 1.29 is 18.3 Å². The number of carbonyl (C=O) groups is 1. The quantitative estimate of drug-likeness (QED) is 0.662. The van der Waals surface area contributed by atoms with Crippen molar-refractivity contribution >= 4 is 23.2 Å². The molecule has 0 unspecified atom stereocenters. The lowest BCUT2D eigenvalue weighted by atomic mass is 10.3. The second kappa shape index (κ2) is 8.17. The summed E-state index contributed by atoms with van der Waals surface area (Å²) in [6.45, 7) is 1.56. The van der Waals surface area contributed by atoms with Gasteiger partial charge < -0.3 is 10.1 Å². The number of rotatable bonds is 7. The Balaban J connectivity index is 1.54. The average molecular weight is 396 g/mol. The van der Waals surface area contributed by atoms with Crippen LogP contribution in [0.1, 0.15) is 17.8 Å². The number of aromatic nitrogens is 4. The Bertz CT molecular complexity index is 941. The van der Waals surface area contributed by atoms with Gasteiger partial charge in [0.25, 0.3) is 6.43 Å². The zero-order valence-corrected chi connectivity index (χ0v) is 15.0. The Morgan fingerprint density at radius 2 is 2.19 bits per heavy atom. The van der Waals surface area contributed by atoms with Gasteiger partial charge in [-0.25, -0.2) is 13.5 Å². The first-order valence-corrected chi connectivity index (χ1v) is 8.31. The predicted molar refractivity (Wildman–Crippen MR) is 94.9 cm³/mol. The van der Waals surface area contributed by atoms with E-state index >= 15 is 0 Å². The van der Waals surface area contributed by atoms with E-state index in [1.54, 1.807) is 37.4 Å². The number of aryl methyl sites for hydroxylation is 1. The van der Waals surface area contributed by atoms with E-state index in [9.17, 15) is 13.6 Å². The molecule has 0 atom stereocenters. The van der Waals surface area contributed by atoms with E-state index in [1.807, 2.05) is 0 Å². The summed E-state index contributed by atoms with van der Waals surface area (Å²) in [7, 11) is 0. The summed E-state index contributed by atoms with van der Waals surface area (Å²) in [5.74, 6) is 0.185. The molecule has 0 spiro atoms. The molecule has 3 aromatic rings. The fraction of sp³-hybridized carbons (Fsp3) is 0.235. The Morgan fingerprint density at radius 1 is 1.37 bits per heavy atom. The number of anilines is 1. The minimum Gasteiger partial charge on any atom is -0.471 e. The number of hydrogen-bond acceptors (Lipinski definition) is 4. The standard InChI is InChI=1S/C17H16ClF2N5O2/c1-11-5-15(17(19)20)23-25(11)9-16(26)22-13-7-21-24(8-13)10-27-14-4-2-3-12(18)6-14/h2-8,17H,9-10H2,1H3,(H,22,26). The summed E-state index contributed by atoms with van der Waals surface area (Å²) in [6, 6.07) is 8.19. The Hall–Kier alpha value is -2.94. The molecule has 1 amide bonds. The first-order chi connectivity index (χ1) is 12.9. The zero-order chi connectivity index (χ0) is 19.4. The molecule has 27 heavy (non-hydrogen) atoms. The molecule has 0 fully saturated rings. The first kappa shape index (κ1) is 18.8. The van der Waals surface area contributed by atoms with Crippen molar-refractivity contribution in [1.29, 1.82) is 0 Å². The van der Waals surface area contributed by atoms with Crippen LogP contribution < -0.4 is 10.1 Å². The SMILES string of the molecule is Cc1cc(C(F)F)nn1CC(=O)Nc1cnn(COc2cccc(Cl)c2)c1. The van der Waals surface area contributed by atoms with Crippen molar-refractivity contribution in [2.75, 3.05) is 5.32 Å². The molecular formula is C17H16ClF2N5O2. The van der Waals surface area contributed by atoms with Crippen LogP contribution in [0.5, 0.6) is 5.75 Å². The number of hydrogen-bond donors (Lipinski definition) is 1. The number of amides is 1. The van der Waals surface area contributed by atoms with E-state index in [0.29, 0.717) is 22.2 Å². The normalized spacial score (nSPS) is 11.0. The molecule has 2 aromatic heterocycles. The van der Waals surface area contributed by atoms with Gasteiger partial charge in [0.2, 0.25) is 5.91 Å². The monoisotopic (exact) mass is 395 g/mol. The van der Waals surface area contributed by atoms with Gasteiger partial charge in [-0.15, -0.1) is 0 Å². The summed E-state index contributed by atoms with van der Waals surface area (Å²) in [5.41, 5.74) is 0.575. The number of nitrogens with zero attached hydrogens (tertiary/aromatic N) is 4. The maximum atomic E-state index is 12.7. The molecule has 0 saturated carbocycles. The van der Waals surface area contributed by atoms with Crippen LogP contribution in [0.15, 0.2) is 42.7 Å². The van der Waals surface area contributed by atoms with Gasteiger partial charge in [-0.2, -0.15) is 10.2 Å². The molecule has 2 heterocycles. The van der Waals surface area contributed by atoms with E-state index in [4.69, 9.17) is 16.3 Å². The van der Waals surface area contributed by atoms with Crippen molar-refractivity contribution in [3.63, 3.8) is 0 Å². The number of benzene rings is 1. The van der Waals surface area contributed by atoms with Crippen LogP contribution in [0.2, 0.25) is 5.02 Å². The van der Waals surface area contributed by atoms with Crippen LogP contribution in [-0.2, 0) is 18.1 Å². The molecule has 0 bridgehead atoms. The molecule has 3 rings (SSSR count). The predicted octanol–water partition coefficient (Wildman–Crippen LogP) is 3.65. The fourth-order valence-electron chi connectivity index (χ4n) is 2.34. The highest BCUT2D eigenvalue weighted by molar-refractivity contribution is 6.30. The van der Waals surface area contributed by atoms with E-state index < -0.39 is 12.3 Å². The molecular weight excluding hydrogens is 380 g/mol. The van der Waals surface area contributed by atoms with Crippen molar-refractivity contribution in [3.8, 4) is 5.75 Å². The van der Waals surface area contributed by atoms with Gasteiger partial charge in [0.05, 0.1) is 18.1 Å². The summed E-state index contributed by atoms with van der Waals surface area (Å²) < 4.78 is 33.6. The van der Waals surface area contributed by atoms with Gasteiger partial charge in [-0.05, 0) is 31.2 Å². The first-order valence-electron chi connectivity index (χ1n) is 7.94.